The molecule has 3 N–H and O–H groups in total. The van der Waals surface area contributed by atoms with E-state index in [2.05, 4.69) is 24.4 Å². The van der Waals surface area contributed by atoms with Crippen molar-refractivity contribution in [2.75, 3.05) is 5.32 Å². The lowest BCUT2D eigenvalue weighted by Crippen LogP contribution is -2.25. The first-order chi connectivity index (χ1) is 8.15. The zero-order chi connectivity index (χ0) is 12.3. The molecule has 2 rings (SSSR count). The maximum absolute atomic E-state index is 5.57. The highest BCUT2D eigenvalue weighted by molar-refractivity contribution is 7.80. The quantitative estimate of drug-likeness (QED) is 0.806. The molecular weight excluding hydrogens is 228 g/mol. The molecule has 1 aliphatic rings. The molecule has 0 atom stereocenters. The highest BCUT2D eigenvalue weighted by Crippen LogP contribution is 2.26. The molecule has 1 saturated carbocycles. The molecule has 0 saturated heterocycles. The summed E-state index contributed by atoms with van der Waals surface area (Å²) in [6.45, 7) is 2.34. The maximum atomic E-state index is 5.57. The number of rotatable bonds is 3. The van der Waals surface area contributed by atoms with Crippen LogP contribution in [0.15, 0.2) is 24.3 Å². The summed E-state index contributed by atoms with van der Waals surface area (Å²) in [7, 11) is 0. The molecule has 0 heterocycles. The van der Waals surface area contributed by atoms with Gasteiger partial charge >= 0.3 is 0 Å². The van der Waals surface area contributed by atoms with Crippen molar-refractivity contribution in [1.82, 2.24) is 0 Å². The zero-order valence-electron chi connectivity index (χ0n) is 10.3. The fourth-order valence-electron chi connectivity index (χ4n) is 2.37. The summed E-state index contributed by atoms with van der Waals surface area (Å²) in [6.07, 6.45) is 5.22. The van der Waals surface area contributed by atoms with Gasteiger partial charge in [-0.1, -0.05) is 19.1 Å². The van der Waals surface area contributed by atoms with Crippen LogP contribution in [0.1, 0.15) is 38.2 Å². The molecule has 1 aromatic carbocycles. The van der Waals surface area contributed by atoms with Crippen molar-refractivity contribution in [1.29, 1.82) is 0 Å². The van der Waals surface area contributed by atoms with Gasteiger partial charge in [0.1, 0.15) is 4.99 Å². The number of benzene rings is 1. The van der Waals surface area contributed by atoms with Gasteiger partial charge in [0.25, 0.3) is 0 Å². The molecule has 1 aliphatic carbocycles. The molecule has 0 aliphatic heterocycles. The Balaban J connectivity index is 1.92. The van der Waals surface area contributed by atoms with Crippen LogP contribution >= 0.6 is 12.2 Å². The summed E-state index contributed by atoms with van der Waals surface area (Å²) in [5, 5.41) is 3.58. The van der Waals surface area contributed by atoms with Gasteiger partial charge in [0.05, 0.1) is 0 Å². The highest BCUT2D eigenvalue weighted by atomic mass is 32.1. The second-order valence-corrected chi connectivity index (χ2v) is 5.48. The average molecular weight is 248 g/mol. The van der Waals surface area contributed by atoms with E-state index in [1.807, 2.05) is 12.1 Å². The third-order valence-electron chi connectivity index (χ3n) is 3.56. The minimum atomic E-state index is 0.461. The molecule has 0 bridgehead atoms. The SMILES string of the molecule is CC1CCC(Nc2ccc(C(N)=S)cc2)CC1. The lowest BCUT2D eigenvalue weighted by molar-refractivity contribution is 0.361. The number of hydrogen-bond donors (Lipinski definition) is 2. The van der Waals surface area contributed by atoms with Gasteiger partial charge in [-0.25, -0.2) is 0 Å². The van der Waals surface area contributed by atoms with E-state index in [1.165, 1.54) is 31.4 Å². The molecule has 1 fully saturated rings. The molecule has 0 radical (unpaired) electrons. The number of anilines is 1. The van der Waals surface area contributed by atoms with Crippen molar-refractivity contribution in [2.45, 2.75) is 38.6 Å². The van der Waals surface area contributed by atoms with E-state index in [-0.39, 0.29) is 0 Å². The fourth-order valence-corrected chi connectivity index (χ4v) is 2.51. The summed E-state index contributed by atoms with van der Waals surface area (Å²) in [5.41, 5.74) is 7.68. The summed E-state index contributed by atoms with van der Waals surface area (Å²) < 4.78 is 0. The Morgan fingerprint density at radius 1 is 1.18 bits per heavy atom. The molecule has 17 heavy (non-hydrogen) atoms. The minimum absolute atomic E-state index is 0.461. The minimum Gasteiger partial charge on any atom is -0.389 e. The summed E-state index contributed by atoms with van der Waals surface area (Å²) in [4.78, 5) is 0.461. The Kier molecular flexibility index (Phi) is 4.00. The van der Waals surface area contributed by atoms with E-state index in [1.54, 1.807) is 0 Å². The summed E-state index contributed by atoms with van der Waals surface area (Å²) in [6, 6.07) is 8.72. The van der Waals surface area contributed by atoms with Crippen LogP contribution in [-0.4, -0.2) is 11.0 Å². The summed E-state index contributed by atoms with van der Waals surface area (Å²) >= 11 is 4.94. The first kappa shape index (κ1) is 12.4. The van der Waals surface area contributed by atoms with E-state index >= 15 is 0 Å². The molecule has 92 valence electrons. The molecule has 0 unspecified atom stereocenters. The van der Waals surface area contributed by atoms with Gasteiger partial charge < -0.3 is 11.1 Å². The van der Waals surface area contributed by atoms with Crippen LogP contribution in [0.4, 0.5) is 5.69 Å². The van der Waals surface area contributed by atoms with Crippen LogP contribution in [-0.2, 0) is 0 Å². The first-order valence-corrected chi connectivity index (χ1v) is 6.72. The Bertz CT molecular complexity index is 378. The van der Waals surface area contributed by atoms with Gasteiger partial charge in [-0.2, -0.15) is 0 Å². The first-order valence-electron chi connectivity index (χ1n) is 6.31. The second kappa shape index (κ2) is 5.50. The van der Waals surface area contributed by atoms with Gasteiger partial charge in [0, 0.05) is 17.3 Å². The summed E-state index contributed by atoms with van der Waals surface area (Å²) in [5.74, 6) is 0.894. The van der Waals surface area contributed by atoms with Crippen molar-refractivity contribution in [2.24, 2.45) is 11.7 Å². The lowest BCUT2D eigenvalue weighted by Gasteiger charge is -2.27. The van der Waals surface area contributed by atoms with Gasteiger partial charge in [-0.15, -0.1) is 0 Å². The Morgan fingerprint density at radius 3 is 2.29 bits per heavy atom. The van der Waals surface area contributed by atoms with Crippen molar-refractivity contribution < 1.29 is 0 Å². The molecule has 0 amide bonds. The molecule has 1 aromatic rings. The fraction of sp³-hybridized carbons (Fsp3) is 0.500. The van der Waals surface area contributed by atoms with E-state index in [9.17, 15) is 0 Å². The second-order valence-electron chi connectivity index (χ2n) is 5.04. The molecule has 0 aromatic heterocycles. The predicted octanol–water partition coefficient (Wildman–Crippen LogP) is 3.31. The standard InChI is InChI=1S/C14H20N2S/c1-10-2-6-12(7-3-10)16-13-8-4-11(5-9-13)14(15)17/h4-5,8-10,12,16H,2-3,6-7H2,1H3,(H2,15,17). The molecule has 3 heteroatoms. The molecular formula is C14H20N2S. The molecule has 2 nitrogen and oxygen atoms in total. The molecule has 0 spiro atoms. The number of hydrogen-bond acceptors (Lipinski definition) is 2. The zero-order valence-corrected chi connectivity index (χ0v) is 11.1. The predicted molar refractivity (Wildman–Crippen MR) is 77.4 cm³/mol. The van der Waals surface area contributed by atoms with Crippen LogP contribution < -0.4 is 11.1 Å². The monoisotopic (exact) mass is 248 g/mol. The Hall–Kier alpha value is -1.09. The Labute approximate surface area is 109 Å². The van der Waals surface area contributed by atoms with Gasteiger partial charge in [0.15, 0.2) is 0 Å². The van der Waals surface area contributed by atoms with Crippen LogP contribution in [0, 0.1) is 5.92 Å². The maximum Gasteiger partial charge on any atom is 0.103 e. The topological polar surface area (TPSA) is 38.0 Å². The van der Waals surface area contributed by atoms with Gasteiger partial charge in [0.2, 0.25) is 0 Å². The van der Waals surface area contributed by atoms with Crippen molar-refractivity contribution >= 4 is 22.9 Å². The number of thiocarbonyl (C=S) groups is 1. The van der Waals surface area contributed by atoms with Crippen LogP contribution in [0.25, 0.3) is 0 Å². The highest BCUT2D eigenvalue weighted by Gasteiger charge is 2.17. The van der Waals surface area contributed by atoms with Gasteiger partial charge in [-0.3, -0.25) is 0 Å². The van der Waals surface area contributed by atoms with Crippen molar-refractivity contribution in [3.05, 3.63) is 29.8 Å². The number of nitrogens with two attached hydrogens (primary N) is 1. The van der Waals surface area contributed by atoms with Crippen LogP contribution in [0.3, 0.4) is 0 Å². The third-order valence-corrected chi connectivity index (χ3v) is 3.79. The third kappa shape index (κ3) is 3.43. The average Bonchev–Trinajstić information content (AvgIpc) is 2.33. The van der Waals surface area contributed by atoms with Crippen LogP contribution in [0.2, 0.25) is 0 Å². The normalized spacial score (nSPS) is 24.3. The van der Waals surface area contributed by atoms with E-state index in [0.29, 0.717) is 11.0 Å². The van der Waals surface area contributed by atoms with E-state index in [4.69, 9.17) is 18.0 Å². The van der Waals surface area contributed by atoms with E-state index in [0.717, 1.165) is 11.5 Å². The van der Waals surface area contributed by atoms with Crippen molar-refractivity contribution in [3.63, 3.8) is 0 Å². The Morgan fingerprint density at radius 2 is 1.76 bits per heavy atom. The van der Waals surface area contributed by atoms with Crippen molar-refractivity contribution in [3.8, 4) is 0 Å². The van der Waals surface area contributed by atoms with E-state index < -0.39 is 0 Å². The lowest BCUT2D eigenvalue weighted by atomic mass is 9.87. The largest absolute Gasteiger partial charge is 0.389 e. The van der Waals surface area contributed by atoms with Crippen LogP contribution in [0.5, 0.6) is 0 Å². The van der Waals surface area contributed by atoms with Gasteiger partial charge in [-0.05, 0) is 55.9 Å². The number of nitrogens with one attached hydrogen (secondary N) is 1. The smallest absolute Gasteiger partial charge is 0.103 e.